The van der Waals surface area contributed by atoms with Crippen molar-refractivity contribution in [2.45, 2.75) is 12.3 Å². The molecule has 3 heteroatoms. The Hall–Kier alpha value is -7.36. The molecule has 0 saturated carbocycles. The summed E-state index contributed by atoms with van der Waals surface area (Å²) < 4.78 is 2.43. The Labute approximate surface area is 334 Å². The van der Waals surface area contributed by atoms with Crippen LogP contribution in [0.15, 0.2) is 218 Å². The van der Waals surface area contributed by atoms with Gasteiger partial charge in [0.1, 0.15) is 0 Å². The SMILES string of the molecule is C1=c2c(n(-c3ccccc3)c3ccc(-c4ccc(N(c5ccccc5)c5ccccc5)cc4)cc23)=CCC1c1ccc(N(c2ccccc2)c2ccccc2)cc1. The van der Waals surface area contributed by atoms with Gasteiger partial charge in [0.25, 0.3) is 0 Å². The van der Waals surface area contributed by atoms with Crippen molar-refractivity contribution in [1.29, 1.82) is 0 Å². The van der Waals surface area contributed by atoms with Gasteiger partial charge in [-0.05, 0) is 120 Å². The van der Waals surface area contributed by atoms with Gasteiger partial charge in [-0.2, -0.15) is 0 Å². The van der Waals surface area contributed by atoms with E-state index in [0.29, 0.717) is 0 Å². The monoisotopic (exact) mass is 731 g/mol. The number of fused-ring (bicyclic) bond motifs is 3. The standard InChI is InChI=1S/C54H41N3/c1-6-16-44(17-7-1)55(45-18-8-2-9-19-45)49-32-26-40(27-33-49)42-30-36-53-51(38-42)52-39-43(31-37-54(52)57(53)48-24-14-5-15-25-48)41-28-34-50(35-29-41)56(46-20-10-3-11-21-46)47-22-12-4-13-23-47/h1-30,32-39,43H,31H2. The lowest BCUT2D eigenvalue weighted by atomic mass is 9.91. The zero-order valence-electron chi connectivity index (χ0n) is 31.6. The second-order valence-corrected chi connectivity index (χ2v) is 14.6. The minimum Gasteiger partial charge on any atom is -0.311 e. The van der Waals surface area contributed by atoms with E-state index in [-0.39, 0.29) is 5.92 Å². The Morgan fingerprint density at radius 1 is 0.404 bits per heavy atom. The molecule has 0 spiro atoms. The third kappa shape index (κ3) is 6.60. The molecule has 10 rings (SSSR count). The van der Waals surface area contributed by atoms with E-state index >= 15 is 0 Å². The molecule has 0 bridgehead atoms. The molecule has 1 aliphatic carbocycles. The molecule has 0 radical (unpaired) electrons. The van der Waals surface area contributed by atoms with Gasteiger partial charge in [-0.25, -0.2) is 0 Å². The third-order valence-corrected chi connectivity index (χ3v) is 11.1. The van der Waals surface area contributed by atoms with Crippen molar-refractivity contribution in [3.8, 4) is 16.8 Å². The van der Waals surface area contributed by atoms with Crippen LogP contribution in [0.25, 0.3) is 39.9 Å². The highest BCUT2D eigenvalue weighted by atomic mass is 15.1. The molecule has 1 heterocycles. The van der Waals surface area contributed by atoms with Gasteiger partial charge in [0.2, 0.25) is 0 Å². The minimum atomic E-state index is 0.258. The van der Waals surface area contributed by atoms with E-state index in [9.17, 15) is 0 Å². The van der Waals surface area contributed by atoms with Gasteiger partial charge >= 0.3 is 0 Å². The van der Waals surface area contributed by atoms with Crippen LogP contribution in [0.2, 0.25) is 0 Å². The normalized spacial score (nSPS) is 13.3. The molecule has 0 fully saturated rings. The van der Waals surface area contributed by atoms with E-state index in [1.807, 2.05) is 0 Å². The molecule has 3 nitrogen and oxygen atoms in total. The lowest BCUT2D eigenvalue weighted by Crippen LogP contribution is -2.31. The predicted molar refractivity (Wildman–Crippen MR) is 240 cm³/mol. The highest BCUT2D eigenvalue weighted by Crippen LogP contribution is 2.37. The van der Waals surface area contributed by atoms with Crippen LogP contribution >= 0.6 is 0 Å². The second kappa shape index (κ2) is 15.1. The van der Waals surface area contributed by atoms with Crippen molar-refractivity contribution in [2.24, 2.45) is 0 Å². The molecule has 0 amide bonds. The number of para-hydroxylation sites is 5. The van der Waals surface area contributed by atoms with E-state index < -0.39 is 0 Å². The molecule has 272 valence electrons. The smallest absolute Gasteiger partial charge is 0.0541 e. The second-order valence-electron chi connectivity index (χ2n) is 14.6. The molecular formula is C54H41N3. The number of nitrogens with zero attached hydrogens (tertiary/aromatic N) is 3. The summed E-state index contributed by atoms with van der Waals surface area (Å²) in [6.45, 7) is 0. The first kappa shape index (κ1) is 34.2. The van der Waals surface area contributed by atoms with Gasteiger partial charge in [0, 0.05) is 61.7 Å². The topological polar surface area (TPSA) is 11.4 Å². The lowest BCUT2D eigenvalue weighted by Gasteiger charge is -2.26. The summed E-state index contributed by atoms with van der Waals surface area (Å²) in [4.78, 5) is 4.63. The number of hydrogen-bond acceptors (Lipinski definition) is 2. The quantitative estimate of drug-likeness (QED) is 0.146. The molecule has 8 aromatic carbocycles. The van der Waals surface area contributed by atoms with Crippen LogP contribution in [0, 0.1) is 0 Å². The van der Waals surface area contributed by atoms with Crippen LogP contribution in [0.3, 0.4) is 0 Å². The molecule has 1 aromatic heterocycles. The van der Waals surface area contributed by atoms with Crippen molar-refractivity contribution >= 4 is 57.2 Å². The van der Waals surface area contributed by atoms with E-state index in [1.165, 1.54) is 43.8 Å². The van der Waals surface area contributed by atoms with E-state index in [4.69, 9.17) is 0 Å². The number of hydrogen-bond donors (Lipinski definition) is 0. The maximum Gasteiger partial charge on any atom is 0.0541 e. The Balaban J connectivity index is 1.04. The van der Waals surface area contributed by atoms with Gasteiger partial charge in [0.05, 0.1) is 5.52 Å². The summed E-state index contributed by atoms with van der Waals surface area (Å²) in [5, 5.41) is 3.82. The first-order valence-electron chi connectivity index (χ1n) is 19.7. The van der Waals surface area contributed by atoms with Gasteiger partial charge in [-0.3, -0.25) is 0 Å². The fraction of sp³-hybridized carbons (Fsp3) is 0.0370. The van der Waals surface area contributed by atoms with Crippen LogP contribution in [-0.4, -0.2) is 4.57 Å². The van der Waals surface area contributed by atoms with Crippen LogP contribution in [0.4, 0.5) is 34.1 Å². The van der Waals surface area contributed by atoms with Crippen molar-refractivity contribution in [2.75, 3.05) is 9.80 Å². The van der Waals surface area contributed by atoms with E-state index in [1.54, 1.807) is 0 Å². The summed E-state index contributed by atoms with van der Waals surface area (Å²) >= 11 is 0. The largest absolute Gasteiger partial charge is 0.311 e. The molecule has 0 saturated heterocycles. The number of benzene rings is 8. The summed E-state index contributed by atoms with van der Waals surface area (Å²) in [6.07, 6.45) is 5.88. The zero-order chi connectivity index (χ0) is 38.0. The van der Waals surface area contributed by atoms with Gasteiger partial charge in [-0.1, -0.05) is 133 Å². The Bertz CT molecular complexity index is 2810. The van der Waals surface area contributed by atoms with Crippen molar-refractivity contribution < 1.29 is 0 Å². The van der Waals surface area contributed by atoms with Crippen LogP contribution in [0.1, 0.15) is 17.9 Å². The van der Waals surface area contributed by atoms with E-state index in [0.717, 1.165) is 40.5 Å². The zero-order valence-corrected chi connectivity index (χ0v) is 31.6. The summed E-state index contributed by atoms with van der Waals surface area (Å²) in [7, 11) is 0. The number of anilines is 6. The maximum atomic E-state index is 2.50. The first-order chi connectivity index (χ1) is 28.3. The Morgan fingerprint density at radius 3 is 1.32 bits per heavy atom. The molecule has 9 aromatic rings. The first-order valence-corrected chi connectivity index (χ1v) is 19.7. The molecule has 1 atom stereocenters. The van der Waals surface area contributed by atoms with Gasteiger partial charge in [0.15, 0.2) is 0 Å². The van der Waals surface area contributed by atoms with Crippen LogP contribution in [0.5, 0.6) is 0 Å². The maximum absolute atomic E-state index is 2.50. The fourth-order valence-electron chi connectivity index (χ4n) is 8.36. The number of aromatic nitrogens is 1. The predicted octanol–water partition coefficient (Wildman–Crippen LogP) is 13.0. The average Bonchev–Trinajstić information content (AvgIpc) is 3.62. The van der Waals surface area contributed by atoms with Crippen LogP contribution in [-0.2, 0) is 0 Å². The van der Waals surface area contributed by atoms with Crippen molar-refractivity contribution in [1.82, 2.24) is 4.57 Å². The van der Waals surface area contributed by atoms with Gasteiger partial charge in [-0.15, -0.1) is 0 Å². The Kier molecular flexibility index (Phi) is 9.02. The Morgan fingerprint density at radius 2 is 0.825 bits per heavy atom. The van der Waals surface area contributed by atoms with Gasteiger partial charge < -0.3 is 14.4 Å². The molecule has 1 aliphatic rings. The number of rotatable bonds is 9. The van der Waals surface area contributed by atoms with Crippen LogP contribution < -0.4 is 20.4 Å². The summed E-state index contributed by atoms with van der Waals surface area (Å²) in [5.74, 6) is 0.258. The lowest BCUT2D eigenvalue weighted by molar-refractivity contribution is 0.907. The molecule has 0 aliphatic heterocycles. The summed E-state index contributed by atoms with van der Waals surface area (Å²) in [6, 6.07) is 78.2. The fourth-order valence-corrected chi connectivity index (χ4v) is 8.36. The highest BCUT2D eigenvalue weighted by molar-refractivity contribution is 5.90. The third-order valence-electron chi connectivity index (χ3n) is 11.1. The summed E-state index contributed by atoms with van der Waals surface area (Å²) in [5.41, 5.74) is 12.9. The molecular weight excluding hydrogens is 691 g/mol. The highest BCUT2D eigenvalue weighted by Gasteiger charge is 2.19. The molecule has 1 unspecified atom stereocenters. The van der Waals surface area contributed by atoms with Crippen molar-refractivity contribution in [3.63, 3.8) is 0 Å². The molecule has 0 N–H and O–H groups in total. The molecule has 57 heavy (non-hydrogen) atoms. The van der Waals surface area contributed by atoms with E-state index in [2.05, 4.69) is 245 Å². The average molecular weight is 732 g/mol. The van der Waals surface area contributed by atoms with Crippen molar-refractivity contribution in [3.05, 3.63) is 235 Å². The minimum absolute atomic E-state index is 0.258.